The highest BCUT2D eigenvalue weighted by atomic mass is 16.5. The Kier molecular flexibility index (Phi) is 5.81. The highest BCUT2D eigenvalue weighted by Gasteiger charge is 2.17. The van der Waals surface area contributed by atoms with Gasteiger partial charge in [-0.05, 0) is 68.9 Å². The van der Waals surface area contributed by atoms with Crippen LogP contribution in [0.5, 0.6) is 5.88 Å². The predicted octanol–water partition coefficient (Wildman–Crippen LogP) is 4.53. The van der Waals surface area contributed by atoms with Crippen LogP contribution in [-0.4, -0.2) is 51.1 Å². The lowest BCUT2D eigenvalue weighted by Crippen LogP contribution is -2.25. The fourth-order valence-electron chi connectivity index (χ4n) is 4.35. The number of aryl methyl sites for hydroxylation is 1. The van der Waals surface area contributed by atoms with Crippen molar-refractivity contribution in [3.05, 3.63) is 60.2 Å². The molecule has 1 aliphatic heterocycles. The smallest absolute Gasteiger partial charge is 0.221 e. The highest BCUT2D eigenvalue weighted by molar-refractivity contribution is 5.90. The van der Waals surface area contributed by atoms with Crippen LogP contribution in [0, 0.1) is 6.92 Å². The second-order valence-corrected chi connectivity index (χ2v) is 8.38. The van der Waals surface area contributed by atoms with Crippen LogP contribution >= 0.6 is 0 Å². The lowest BCUT2D eigenvalue weighted by Gasteiger charge is -2.19. The molecule has 1 aromatic carbocycles. The van der Waals surface area contributed by atoms with Gasteiger partial charge >= 0.3 is 0 Å². The van der Waals surface area contributed by atoms with E-state index in [-0.39, 0.29) is 6.04 Å². The third kappa shape index (κ3) is 4.21. The predicted molar refractivity (Wildman–Crippen MR) is 127 cm³/mol. The number of pyridine rings is 2. The lowest BCUT2D eigenvalue weighted by molar-refractivity contribution is 0.233. The fourth-order valence-corrected chi connectivity index (χ4v) is 4.35. The summed E-state index contributed by atoms with van der Waals surface area (Å²) in [7, 11) is 0. The SMILES string of the molecule is Cc1cccc2cc(C(C)Nc3ncnc4cccnc34)nc(OCCN3CCCC3)c12. The van der Waals surface area contributed by atoms with E-state index in [0.29, 0.717) is 18.3 Å². The molecule has 7 nitrogen and oxygen atoms in total. The largest absolute Gasteiger partial charge is 0.476 e. The molecule has 1 fully saturated rings. The van der Waals surface area contributed by atoms with Gasteiger partial charge in [0.05, 0.1) is 17.3 Å². The van der Waals surface area contributed by atoms with Crippen LogP contribution in [0.2, 0.25) is 0 Å². The number of nitrogens with zero attached hydrogens (tertiary/aromatic N) is 5. The Morgan fingerprint density at radius 3 is 2.84 bits per heavy atom. The number of ether oxygens (including phenoxy) is 1. The van der Waals surface area contributed by atoms with Crippen molar-refractivity contribution in [3.8, 4) is 5.88 Å². The van der Waals surface area contributed by atoms with Gasteiger partial charge in [-0.1, -0.05) is 18.2 Å². The van der Waals surface area contributed by atoms with Crippen molar-refractivity contribution < 1.29 is 4.74 Å². The molecule has 0 amide bonds. The molecule has 1 aliphatic rings. The van der Waals surface area contributed by atoms with Crippen LogP contribution in [0.1, 0.15) is 37.1 Å². The van der Waals surface area contributed by atoms with Gasteiger partial charge in [0.15, 0.2) is 5.82 Å². The quantitative estimate of drug-likeness (QED) is 0.463. The standard InChI is InChI=1S/C25H28N6O/c1-17-7-5-8-19-15-21(30-25(22(17)19)32-14-13-31-11-3-4-12-31)18(2)29-24-23-20(27-16-28-24)9-6-10-26-23/h5-10,15-16,18H,3-4,11-14H2,1-2H3,(H,27,28,29). The molecule has 7 heteroatoms. The van der Waals surface area contributed by atoms with E-state index in [1.807, 2.05) is 12.1 Å². The molecular weight excluding hydrogens is 400 g/mol. The number of benzene rings is 1. The maximum absolute atomic E-state index is 6.25. The van der Waals surface area contributed by atoms with E-state index in [4.69, 9.17) is 9.72 Å². The Morgan fingerprint density at radius 1 is 1.09 bits per heavy atom. The van der Waals surface area contributed by atoms with Gasteiger partial charge in [-0.2, -0.15) is 0 Å². The van der Waals surface area contributed by atoms with Crippen molar-refractivity contribution in [2.24, 2.45) is 0 Å². The van der Waals surface area contributed by atoms with Gasteiger partial charge in [0.1, 0.15) is 18.5 Å². The number of hydrogen-bond donors (Lipinski definition) is 1. The first kappa shape index (κ1) is 20.6. The van der Waals surface area contributed by atoms with Crippen LogP contribution in [0.3, 0.4) is 0 Å². The van der Waals surface area contributed by atoms with E-state index in [2.05, 4.69) is 63.3 Å². The van der Waals surface area contributed by atoms with Gasteiger partial charge in [-0.3, -0.25) is 9.88 Å². The molecule has 3 aromatic heterocycles. The number of anilines is 1. The van der Waals surface area contributed by atoms with Crippen LogP contribution < -0.4 is 10.1 Å². The molecule has 1 atom stereocenters. The molecule has 1 unspecified atom stereocenters. The average molecular weight is 429 g/mol. The maximum Gasteiger partial charge on any atom is 0.221 e. The van der Waals surface area contributed by atoms with E-state index >= 15 is 0 Å². The zero-order valence-electron chi connectivity index (χ0n) is 18.6. The third-order valence-corrected chi connectivity index (χ3v) is 6.09. The first-order chi connectivity index (χ1) is 15.7. The molecule has 164 valence electrons. The van der Waals surface area contributed by atoms with Crippen LogP contribution in [-0.2, 0) is 0 Å². The minimum atomic E-state index is -0.0825. The van der Waals surface area contributed by atoms with Crippen molar-refractivity contribution in [2.75, 3.05) is 31.6 Å². The van der Waals surface area contributed by atoms with Gasteiger partial charge in [-0.15, -0.1) is 0 Å². The zero-order chi connectivity index (χ0) is 21.9. The summed E-state index contributed by atoms with van der Waals surface area (Å²) in [6.45, 7) is 8.09. The Labute approximate surface area is 187 Å². The monoisotopic (exact) mass is 428 g/mol. The fraction of sp³-hybridized carbons (Fsp3) is 0.360. The number of fused-ring (bicyclic) bond motifs is 2. The van der Waals surface area contributed by atoms with Gasteiger partial charge in [0.2, 0.25) is 5.88 Å². The molecule has 0 saturated carbocycles. The van der Waals surface area contributed by atoms with Crippen molar-refractivity contribution >= 4 is 27.6 Å². The minimum Gasteiger partial charge on any atom is -0.476 e. The summed E-state index contributed by atoms with van der Waals surface area (Å²) >= 11 is 0. The molecule has 4 aromatic rings. The molecule has 1 saturated heterocycles. The summed E-state index contributed by atoms with van der Waals surface area (Å²) in [4.78, 5) is 20.6. The first-order valence-electron chi connectivity index (χ1n) is 11.3. The second kappa shape index (κ2) is 9.04. The average Bonchev–Trinajstić information content (AvgIpc) is 3.33. The Balaban J connectivity index is 1.43. The summed E-state index contributed by atoms with van der Waals surface area (Å²) in [6.07, 6.45) is 5.88. The van der Waals surface area contributed by atoms with E-state index in [1.165, 1.54) is 31.5 Å². The summed E-state index contributed by atoms with van der Waals surface area (Å²) < 4.78 is 6.25. The number of likely N-dealkylation sites (tertiary alicyclic amines) is 1. The molecular formula is C25H28N6O. The zero-order valence-corrected chi connectivity index (χ0v) is 18.6. The molecule has 0 spiro atoms. The van der Waals surface area contributed by atoms with Crippen LogP contribution in [0.15, 0.2) is 48.9 Å². The van der Waals surface area contributed by atoms with Crippen molar-refractivity contribution in [3.63, 3.8) is 0 Å². The second-order valence-electron chi connectivity index (χ2n) is 8.38. The first-order valence-corrected chi connectivity index (χ1v) is 11.3. The highest BCUT2D eigenvalue weighted by Crippen LogP contribution is 2.31. The molecule has 32 heavy (non-hydrogen) atoms. The van der Waals surface area contributed by atoms with E-state index in [0.717, 1.165) is 34.0 Å². The van der Waals surface area contributed by atoms with E-state index < -0.39 is 0 Å². The topological polar surface area (TPSA) is 76.1 Å². The van der Waals surface area contributed by atoms with Gasteiger partial charge in [-0.25, -0.2) is 15.0 Å². The number of aromatic nitrogens is 4. The van der Waals surface area contributed by atoms with E-state index in [9.17, 15) is 0 Å². The lowest BCUT2D eigenvalue weighted by atomic mass is 10.0. The molecule has 1 N–H and O–H groups in total. The molecule has 5 rings (SSSR count). The maximum atomic E-state index is 6.25. The summed E-state index contributed by atoms with van der Waals surface area (Å²) in [5.74, 6) is 1.40. The van der Waals surface area contributed by atoms with Crippen molar-refractivity contribution in [1.29, 1.82) is 0 Å². The Bertz CT molecular complexity index is 1230. The molecule has 0 aliphatic carbocycles. The van der Waals surface area contributed by atoms with Gasteiger partial charge < -0.3 is 10.1 Å². The number of hydrogen-bond acceptors (Lipinski definition) is 7. The normalized spacial score (nSPS) is 15.3. The van der Waals surface area contributed by atoms with Gasteiger partial charge in [0, 0.05) is 18.1 Å². The third-order valence-electron chi connectivity index (χ3n) is 6.09. The molecule has 0 radical (unpaired) electrons. The number of rotatable bonds is 7. The molecule has 0 bridgehead atoms. The summed E-state index contributed by atoms with van der Waals surface area (Å²) in [5, 5.41) is 5.68. The van der Waals surface area contributed by atoms with Gasteiger partial charge in [0.25, 0.3) is 0 Å². The minimum absolute atomic E-state index is 0.0825. The van der Waals surface area contributed by atoms with Crippen LogP contribution in [0.4, 0.5) is 5.82 Å². The Morgan fingerprint density at radius 2 is 1.97 bits per heavy atom. The summed E-state index contributed by atoms with van der Waals surface area (Å²) in [6, 6.07) is 12.2. The van der Waals surface area contributed by atoms with E-state index in [1.54, 1.807) is 12.5 Å². The van der Waals surface area contributed by atoms with Crippen molar-refractivity contribution in [2.45, 2.75) is 32.7 Å². The molecule has 4 heterocycles. The van der Waals surface area contributed by atoms with Crippen molar-refractivity contribution in [1.82, 2.24) is 24.8 Å². The Hall–Kier alpha value is -3.32. The number of nitrogens with one attached hydrogen (secondary N) is 1. The summed E-state index contributed by atoms with van der Waals surface area (Å²) in [5.41, 5.74) is 3.64. The van der Waals surface area contributed by atoms with Crippen LogP contribution in [0.25, 0.3) is 21.8 Å².